The maximum Gasteiger partial charge on any atom is 0.424 e. The number of alkyl halides is 3. The van der Waals surface area contributed by atoms with E-state index < -0.39 is 41.5 Å². The Labute approximate surface area is 179 Å². The summed E-state index contributed by atoms with van der Waals surface area (Å²) in [5, 5.41) is 2.74. The number of nitrogens with one attached hydrogen (secondary N) is 1. The topological polar surface area (TPSA) is 116 Å². The molecule has 1 amide bonds. The summed E-state index contributed by atoms with van der Waals surface area (Å²) in [5.41, 5.74) is 6.90. The first kappa shape index (κ1) is 22.8. The highest BCUT2D eigenvalue weighted by Gasteiger charge is 2.59. The zero-order valence-corrected chi connectivity index (χ0v) is 17.1. The number of anilines is 2. The second kappa shape index (κ2) is 7.65. The van der Waals surface area contributed by atoms with Gasteiger partial charge in [-0.25, -0.2) is 9.37 Å². The van der Waals surface area contributed by atoms with Crippen LogP contribution in [0.4, 0.5) is 28.9 Å². The molecule has 0 bridgehead atoms. The number of rotatable bonds is 3. The number of aromatic nitrogens is 1. The summed E-state index contributed by atoms with van der Waals surface area (Å²) in [6, 6.07) is 4.88. The Morgan fingerprint density at radius 1 is 1.26 bits per heavy atom. The number of carbonyl (C=O) groups excluding carboxylic acids is 1. The zero-order chi connectivity index (χ0) is 23.2. The number of benzene rings is 1. The fourth-order valence-electron chi connectivity index (χ4n) is 2.98. The Morgan fingerprint density at radius 2 is 1.94 bits per heavy atom. The van der Waals surface area contributed by atoms with E-state index in [1.807, 2.05) is 0 Å². The first-order valence-electron chi connectivity index (χ1n) is 8.86. The minimum absolute atomic E-state index is 0.0313. The Morgan fingerprint density at radius 3 is 2.52 bits per heavy atom. The van der Waals surface area contributed by atoms with Gasteiger partial charge in [-0.2, -0.15) is 13.2 Å². The number of hydrogen-bond donors (Lipinski definition) is 3. The highest BCUT2D eigenvalue weighted by Crippen LogP contribution is 2.41. The Balaban J connectivity index is 1.94. The van der Waals surface area contributed by atoms with Crippen molar-refractivity contribution in [1.29, 1.82) is 0 Å². The molecule has 2 atom stereocenters. The van der Waals surface area contributed by atoms with Gasteiger partial charge in [0.05, 0.1) is 17.3 Å². The molecule has 2 heterocycles. The molecule has 0 radical (unpaired) electrons. The van der Waals surface area contributed by atoms with E-state index in [0.29, 0.717) is 0 Å². The van der Waals surface area contributed by atoms with Crippen molar-refractivity contribution in [3.8, 4) is 0 Å². The zero-order valence-electron chi connectivity index (χ0n) is 16.3. The van der Waals surface area contributed by atoms with Crippen molar-refractivity contribution in [1.82, 2.24) is 4.98 Å². The van der Waals surface area contributed by atoms with Crippen LogP contribution in [-0.2, 0) is 10.3 Å². The number of ether oxygens (including phenoxy) is 1. The maximum absolute atomic E-state index is 14.6. The van der Waals surface area contributed by atoms with Crippen LogP contribution in [0.25, 0.3) is 0 Å². The number of amidine groups is 1. The molecule has 1 aliphatic rings. The van der Waals surface area contributed by atoms with Crippen LogP contribution in [0.1, 0.15) is 29.9 Å². The number of pyridine rings is 1. The van der Waals surface area contributed by atoms with Crippen LogP contribution in [-0.4, -0.2) is 35.1 Å². The van der Waals surface area contributed by atoms with Crippen molar-refractivity contribution in [2.24, 2.45) is 10.7 Å². The van der Waals surface area contributed by atoms with Crippen LogP contribution >= 0.6 is 11.6 Å². The Bertz CT molecular complexity index is 1080. The molecule has 7 nitrogen and oxygen atoms in total. The predicted molar refractivity (Wildman–Crippen MR) is 107 cm³/mol. The molecule has 31 heavy (non-hydrogen) atoms. The van der Waals surface area contributed by atoms with Crippen LogP contribution in [0.15, 0.2) is 35.5 Å². The number of carbonyl (C=O) groups is 1. The molecular formula is C19H18ClF4N5O2. The third kappa shape index (κ3) is 4.15. The van der Waals surface area contributed by atoms with Gasteiger partial charge in [-0.3, -0.25) is 9.79 Å². The highest BCUT2D eigenvalue weighted by molar-refractivity contribution is 6.30. The van der Waals surface area contributed by atoms with Crippen molar-refractivity contribution in [2.45, 2.75) is 31.2 Å². The van der Waals surface area contributed by atoms with Gasteiger partial charge in [0.25, 0.3) is 5.91 Å². The standard InChI is InChI=1S/C19H18ClF4N5O2/c1-17(8-31-18(2,16(26)29-17)19(22,23)24)11-6-10(3-4-12(11)21)28-15(30)14-13(25)5-9(20)7-27-14/h3-7H,8,25H2,1-2H3,(H2,26,29)(H,28,30). The highest BCUT2D eigenvalue weighted by atomic mass is 35.5. The molecule has 1 aliphatic heterocycles. The predicted octanol–water partition coefficient (Wildman–Crippen LogP) is 3.63. The third-order valence-corrected chi connectivity index (χ3v) is 5.15. The lowest BCUT2D eigenvalue weighted by atomic mass is 9.89. The quantitative estimate of drug-likeness (QED) is 0.606. The van der Waals surface area contributed by atoms with E-state index in [1.54, 1.807) is 0 Å². The molecule has 1 aromatic carbocycles. The minimum atomic E-state index is -4.80. The molecule has 0 aliphatic carbocycles. The van der Waals surface area contributed by atoms with Crippen molar-refractivity contribution < 1.29 is 27.1 Å². The van der Waals surface area contributed by atoms with E-state index in [2.05, 4.69) is 15.3 Å². The molecule has 0 fully saturated rings. The summed E-state index contributed by atoms with van der Waals surface area (Å²) >= 11 is 5.76. The fraction of sp³-hybridized carbons (Fsp3) is 0.316. The summed E-state index contributed by atoms with van der Waals surface area (Å²) in [5.74, 6) is -2.29. The van der Waals surface area contributed by atoms with Gasteiger partial charge in [0, 0.05) is 17.4 Å². The second-order valence-electron chi connectivity index (χ2n) is 7.33. The summed E-state index contributed by atoms with van der Waals surface area (Å²) in [6.07, 6.45) is -3.57. The molecule has 1 aromatic heterocycles. The van der Waals surface area contributed by atoms with E-state index in [0.717, 1.165) is 13.0 Å². The smallest absolute Gasteiger partial charge is 0.397 e. The number of hydrogen-bond acceptors (Lipinski definition) is 6. The lowest BCUT2D eigenvalue weighted by Crippen LogP contribution is -2.60. The number of nitrogen functional groups attached to an aromatic ring is 1. The molecule has 0 spiro atoms. The molecule has 0 saturated carbocycles. The van der Waals surface area contributed by atoms with Gasteiger partial charge in [0.15, 0.2) is 5.69 Å². The Kier molecular flexibility index (Phi) is 5.61. The summed E-state index contributed by atoms with van der Waals surface area (Å²) in [4.78, 5) is 20.2. The first-order chi connectivity index (χ1) is 14.3. The van der Waals surface area contributed by atoms with Crippen molar-refractivity contribution in [2.75, 3.05) is 17.7 Å². The molecule has 166 valence electrons. The van der Waals surface area contributed by atoms with E-state index in [9.17, 15) is 22.4 Å². The largest absolute Gasteiger partial charge is 0.424 e. The Hall–Kier alpha value is -2.92. The molecular weight excluding hydrogens is 442 g/mol. The van der Waals surface area contributed by atoms with E-state index >= 15 is 0 Å². The molecule has 12 heteroatoms. The monoisotopic (exact) mass is 459 g/mol. The summed E-state index contributed by atoms with van der Waals surface area (Å²) in [6.45, 7) is 1.53. The normalized spacial score (nSPS) is 23.9. The van der Waals surface area contributed by atoms with Crippen LogP contribution in [0.2, 0.25) is 5.02 Å². The van der Waals surface area contributed by atoms with Crippen molar-refractivity contribution >= 4 is 34.7 Å². The average molecular weight is 460 g/mol. The van der Waals surface area contributed by atoms with Crippen LogP contribution in [0, 0.1) is 5.82 Å². The van der Waals surface area contributed by atoms with Gasteiger partial charge in [-0.05, 0) is 38.1 Å². The number of amides is 1. The van der Waals surface area contributed by atoms with E-state index in [-0.39, 0.29) is 27.7 Å². The van der Waals surface area contributed by atoms with Gasteiger partial charge in [0.2, 0.25) is 5.60 Å². The number of halogens is 5. The molecule has 2 unspecified atom stereocenters. The third-order valence-electron chi connectivity index (χ3n) is 4.94. The summed E-state index contributed by atoms with van der Waals surface area (Å²) in [7, 11) is 0. The maximum atomic E-state index is 14.6. The lowest BCUT2D eigenvalue weighted by Gasteiger charge is -2.41. The van der Waals surface area contributed by atoms with Gasteiger partial charge in [0.1, 0.15) is 17.2 Å². The van der Waals surface area contributed by atoms with Gasteiger partial charge in [-0.15, -0.1) is 0 Å². The molecule has 5 N–H and O–H groups in total. The second-order valence-corrected chi connectivity index (χ2v) is 7.77. The van der Waals surface area contributed by atoms with Gasteiger partial charge < -0.3 is 21.5 Å². The molecule has 3 rings (SSSR count). The lowest BCUT2D eigenvalue weighted by molar-refractivity contribution is -0.249. The number of aliphatic imine (C=N–C) groups is 1. The van der Waals surface area contributed by atoms with Crippen LogP contribution in [0.5, 0.6) is 0 Å². The SMILES string of the molecule is CC1(c2cc(NC(=O)c3ncc(Cl)cc3N)ccc2F)COC(C)(C(F)(F)F)C(N)=N1. The van der Waals surface area contributed by atoms with Crippen molar-refractivity contribution in [3.63, 3.8) is 0 Å². The summed E-state index contributed by atoms with van der Waals surface area (Å²) < 4.78 is 59.5. The van der Waals surface area contributed by atoms with Crippen LogP contribution in [0.3, 0.4) is 0 Å². The first-order valence-corrected chi connectivity index (χ1v) is 9.23. The van der Waals surface area contributed by atoms with E-state index in [1.165, 1.54) is 31.3 Å². The number of nitrogens with two attached hydrogens (primary N) is 2. The fourth-order valence-corrected chi connectivity index (χ4v) is 3.15. The molecule has 0 saturated heterocycles. The van der Waals surface area contributed by atoms with Crippen molar-refractivity contribution in [3.05, 3.63) is 52.6 Å². The van der Waals surface area contributed by atoms with Gasteiger partial charge in [-0.1, -0.05) is 11.6 Å². The van der Waals surface area contributed by atoms with E-state index in [4.69, 9.17) is 27.8 Å². The van der Waals surface area contributed by atoms with Crippen LogP contribution < -0.4 is 16.8 Å². The van der Waals surface area contributed by atoms with Gasteiger partial charge >= 0.3 is 6.18 Å². The molecule has 2 aromatic rings. The minimum Gasteiger partial charge on any atom is -0.397 e. The number of nitrogens with zero attached hydrogens (tertiary/aromatic N) is 2. The average Bonchev–Trinajstić information content (AvgIpc) is 2.65.